The van der Waals surface area contributed by atoms with Crippen molar-refractivity contribution in [1.82, 2.24) is 0 Å². The number of Topliss-reactive ketones (excluding diaryl/α,β-unsaturated/α-hetero) is 1. The molecule has 0 amide bonds. The molecule has 4 atom stereocenters. The number of hydrogen-bond acceptors (Lipinski definition) is 1. The summed E-state index contributed by atoms with van der Waals surface area (Å²) in [5.41, 5.74) is 4.67. The van der Waals surface area contributed by atoms with Crippen LogP contribution in [-0.2, 0) is 4.79 Å². The van der Waals surface area contributed by atoms with Gasteiger partial charge in [0.1, 0.15) is 5.78 Å². The van der Waals surface area contributed by atoms with E-state index in [-0.39, 0.29) is 23.7 Å². The Morgan fingerprint density at radius 2 is 0.633 bits per heavy atom. The van der Waals surface area contributed by atoms with Gasteiger partial charge in [-0.25, -0.2) is 0 Å². The highest BCUT2D eigenvalue weighted by molar-refractivity contribution is 5.97. The maximum Gasteiger partial charge on any atom is 0.149 e. The molecular weight excluding hydrogens is 364 g/mol. The molecule has 2 unspecified atom stereocenters. The van der Waals surface area contributed by atoms with Gasteiger partial charge in [-0.15, -0.1) is 0 Å². The van der Waals surface area contributed by atoms with E-state index in [0.717, 1.165) is 11.1 Å². The van der Waals surface area contributed by atoms with E-state index in [4.69, 9.17) is 0 Å². The van der Waals surface area contributed by atoms with Gasteiger partial charge in [0.15, 0.2) is 0 Å². The van der Waals surface area contributed by atoms with Crippen LogP contribution >= 0.6 is 0 Å². The fraction of sp³-hybridized carbons (Fsp3) is 0.138. The zero-order valence-corrected chi connectivity index (χ0v) is 16.8. The highest BCUT2D eigenvalue weighted by Gasteiger charge is 2.51. The van der Waals surface area contributed by atoms with Crippen LogP contribution in [0.15, 0.2) is 121 Å². The summed E-state index contributed by atoms with van der Waals surface area (Å²) in [4.78, 5) is 14.1. The minimum Gasteiger partial charge on any atom is -0.298 e. The maximum absolute atomic E-state index is 14.1. The molecule has 4 aromatic rings. The van der Waals surface area contributed by atoms with Crippen molar-refractivity contribution in [2.24, 2.45) is 0 Å². The molecule has 5 rings (SSSR count). The van der Waals surface area contributed by atoms with Gasteiger partial charge in [-0.05, 0) is 22.3 Å². The minimum absolute atomic E-state index is 0.0914. The van der Waals surface area contributed by atoms with Crippen LogP contribution in [0.4, 0.5) is 0 Å². The molecule has 1 fully saturated rings. The van der Waals surface area contributed by atoms with Crippen molar-refractivity contribution in [1.29, 1.82) is 0 Å². The van der Waals surface area contributed by atoms with Gasteiger partial charge in [0.25, 0.3) is 0 Å². The molecule has 4 aromatic carbocycles. The maximum atomic E-state index is 14.1. The van der Waals surface area contributed by atoms with Crippen molar-refractivity contribution in [2.45, 2.75) is 23.7 Å². The van der Waals surface area contributed by atoms with Crippen LogP contribution in [0, 0.1) is 0 Å². The van der Waals surface area contributed by atoms with E-state index >= 15 is 0 Å². The highest BCUT2D eigenvalue weighted by Crippen LogP contribution is 2.58. The summed E-state index contributed by atoms with van der Waals surface area (Å²) in [5.74, 6) is 0.172. The Bertz CT molecular complexity index is 1010. The second-order valence-corrected chi connectivity index (χ2v) is 8.05. The van der Waals surface area contributed by atoms with E-state index in [0.29, 0.717) is 5.78 Å². The molecule has 0 aliphatic heterocycles. The molecular formula is C29H24O. The van der Waals surface area contributed by atoms with E-state index in [1.807, 2.05) is 48.5 Å². The summed E-state index contributed by atoms with van der Waals surface area (Å²) in [6.07, 6.45) is 0. The molecule has 0 heterocycles. The molecule has 1 aliphatic rings. The molecule has 0 N–H and O–H groups in total. The molecule has 1 saturated carbocycles. The van der Waals surface area contributed by atoms with Crippen LogP contribution in [-0.4, -0.2) is 5.78 Å². The quantitative estimate of drug-likeness (QED) is 0.380. The summed E-state index contributed by atoms with van der Waals surface area (Å²) in [7, 11) is 0. The third-order valence-electron chi connectivity index (χ3n) is 6.40. The van der Waals surface area contributed by atoms with Crippen LogP contribution in [0.1, 0.15) is 45.9 Å². The predicted molar refractivity (Wildman–Crippen MR) is 122 cm³/mol. The third-order valence-corrected chi connectivity index (χ3v) is 6.40. The Kier molecular flexibility index (Phi) is 5.03. The summed E-state index contributed by atoms with van der Waals surface area (Å²) in [6.45, 7) is 0. The second kappa shape index (κ2) is 8.12. The lowest BCUT2D eigenvalue weighted by molar-refractivity contribution is -0.120. The van der Waals surface area contributed by atoms with E-state index in [9.17, 15) is 4.79 Å². The number of carbonyl (C=O) groups excluding carboxylic acids is 1. The molecule has 0 bridgehead atoms. The van der Waals surface area contributed by atoms with Gasteiger partial charge < -0.3 is 0 Å². The summed E-state index contributed by atoms with van der Waals surface area (Å²) in [6, 6.07) is 41.7. The zero-order chi connectivity index (χ0) is 20.3. The van der Waals surface area contributed by atoms with Crippen molar-refractivity contribution in [2.75, 3.05) is 0 Å². The first-order valence-electron chi connectivity index (χ1n) is 10.6. The smallest absolute Gasteiger partial charge is 0.149 e. The average Bonchev–Trinajstić information content (AvgIpc) is 3.14. The van der Waals surface area contributed by atoms with Gasteiger partial charge in [0, 0.05) is 11.8 Å². The molecule has 1 aliphatic carbocycles. The molecule has 1 nitrogen and oxygen atoms in total. The lowest BCUT2D eigenvalue weighted by atomic mass is 9.75. The zero-order valence-electron chi connectivity index (χ0n) is 16.8. The number of rotatable bonds is 4. The molecule has 146 valence electrons. The highest BCUT2D eigenvalue weighted by atomic mass is 16.1. The Balaban J connectivity index is 1.74. The number of carbonyl (C=O) groups is 1. The first kappa shape index (κ1) is 18.6. The fourth-order valence-electron chi connectivity index (χ4n) is 5.18. The van der Waals surface area contributed by atoms with Crippen molar-refractivity contribution < 1.29 is 4.79 Å². The summed E-state index contributed by atoms with van der Waals surface area (Å²) >= 11 is 0. The van der Waals surface area contributed by atoms with Gasteiger partial charge >= 0.3 is 0 Å². The Morgan fingerprint density at radius 1 is 0.367 bits per heavy atom. The number of hydrogen-bond donors (Lipinski definition) is 0. The first-order chi connectivity index (χ1) is 14.8. The van der Waals surface area contributed by atoms with Crippen molar-refractivity contribution in [3.05, 3.63) is 144 Å². The molecule has 0 aromatic heterocycles. The molecule has 1 heteroatoms. The average molecular weight is 389 g/mol. The summed E-state index contributed by atoms with van der Waals surface area (Å²) < 4.78 is 0. The lowest BCUT2D eigenvalue weighted by Crippen LogP contribution is -2.14. The molecule has 0 radical (unpaired) electrons. The standard InChI is InChI=1S/C29H24O/c30-29-27(23-17-9-3-10-18-23)25(21-13-5-1-6-14-21)26(22-15-7-2-8-16-22)28(29)24-19-11-4-12-20-24/h1-20,25-28H/t25-,26+,27?,28?. The minimum atomic E-state index is -0.163. The Labute approximate surface area is 178 Å². The normalized spacial score (nSPS) is 23.4. The third kappa shape index (κ3) is 3.27. The molecule has 30 heavy (non-hydrogen) atoms. The van der Waals surface area contributed by atoms with Crippen LogP contribution in [0.3, 0.4) is 0 Å². The van der Waals surface area contributed by atoms with E-state index < -0.39 is 0 Å². The lowest BCUT2D eigenvalue weighted by Gasteiger charge is -2.27. The first-order valence-corrected chi connectivity index (χ1v) is 10.6. The van der Waals surface area contributed by atoms with Gasteiger partial charge in [-0.2, -0.15) is 0 Å². The van der Waals surface area contributed by atoms with Crippen LogP contribution < -0.4 is 0 Å². The van der Waals surface area contributed by atoms with E-state index in [1.165, 1.54) is 11.1 Å². The molecule has 0 spiro atoms. The number of benzene rings is 4. The van der Waals surface area contributed by atoms with Gasteiger partial charge in [0.05, 0.1) is 11.8 Å². The van der Waals surface area contributed by atoms with Crippen molar-refractivity contribution in [3.63, 3.8) is 0 Å². The van der Waals surface area contributed by atoms with Gasteiger partial charge in [-0.3, -0.25) is 4.79 Å². The monoisotopic (exact) mass is 388 g/mol. The topological polar surface area (TPSA) is 17.1 Å². The van der Waals surface area contributed by atoms with Crippen LogP contribution in [0.5, 0.6) is 0 Å². The Hall–Kier alpha value is -3.45. The largest absolute Gasteiger partial charge is 0.298 e. The van der Waals surface area contributed by atoms with Crippen LogP contribution in [0.25, 0.3) is 0 Å². The molecule has 0 saturated heterocycles. The van der Waals surface area contributed by atoms with Crippen molar-refractivity contribution >= 4 is 5.78 Å². The number of ketones is 1. The fourth-order valence-corrected chi connectivity index (χ4v) is 5.18. The Morgan fingerprint density at radius 3 is 0.933 bits per heavy atom. The van der Waals surface area contributed by atoms with E-state index in [2.05, 4.69) is 72.8 Å². The van der Waals surface area contributed by atoms with E-state index in [1.54, 1.807) is 0 Å². The SMILES string of the molecule is O=C1C(c2ccccc2)[C@@H](c2ccccc2)[C@@H](c2ccccc2)C1c1ccccc1. The van der Waals surface area contributed by atoms with Gasteiger partial charge in [-0.1, -0.05) is 121 Å². The van der Waals surface area contributed by atoms with Crippen LogP contribution in [0.2, 0.25) is 0 Å². The van der Waals surface area contributed by atoms with Gasteiger partial charge in [0.2, 0.25) is 0 Å². The second-order valence-electron chi connectivity index (χ2n) is 8.05. The predicted octanol–water partition coefficient (Wildman–Crippen LogP) is 6.70. The van der Waals surface area contributed by atoms with Crippen molar-refractivity contribution in [3.8, 4) is 0 Å². The summed E-state index contributed by atoms with van der Waals surface area (Å²) in [5, 5.41) is 0.